The number of hydrogen-bond acceptors (Lipinski definition) is 5. The first kappa shape index (κ1) is 22.0. The first-order valence-electron chi connectivity index (χ1n) is 9.75. The molecule has 1 atom stereocenters. The minimum Gasteiger partial charge on any atom is -0.452 e. The number of esters is 1. The molecule has 0 aromatic heterocycles. The fourth-order valence-corrected chi connectivity index (χ4v) is 4.56. The molecule has 0 aliphatic heterocycles. The van der Waals surface area contributed by atoms with Crippen molar-refractivity contribution in [3.63, 3.8) is 0 Å². The maximum atomic E-state index is 12.6. The zero-order valence-electron chi connectivity index (χ0n) is 17.4. The van der Waals surface area contributed by atoms with Crippen LogP contribution in [-0.2, 0) is 26.0 Å². The molecule has 0 heterocycles. The number of sulfonamides is 1. The van der Waals surface area contributed by atoms with Gasteiger partial charge < -0.3 is 9.64 Å². The molecule has 0 saturated carbocycles. The average molecular weight is 431 g/mol. The van der Waals surface area contributed by atoms with Crippen molar-refractivity contribution in [3.8, 4) is 0 Å². The highest BCUT2D eigenvalue weighted by atomic mass is 32.2. The predicted molar refractivity (Wildman–Crippen MR) is 112 cm³/mol. The second-order valence-electron chi connectivity index (χ2n) is 7.50. The number of ether oxygens (including phenoxy) is 1. The van der Waals surface area contributed by atoms with E-state index in [0.29, 0.717) is 0 Å². The molecule has 1 aliphatic carbocycles. The molecule has 0 fully saturated rings. The van der Waals surface area contributed by atoms with Crippen molar-refractivity contribution in [2.24, 2.45) is 0 Å². The number of likely N-dealkylation sites (N-methyl/N-ethyl adjacent to an activating group) is 1. The van der Waals surface area contributed by atoms with Gasteiger partial charge in [0.1, 0.15) is 0 Å². The van der Waals surface area contributed by atoms with E-state index in [4.69, 9.17) is 4.74 Å². The minimum atomic E-state index is -3.67. The predicted octanol–water partition coefficient (Wildman–Crippen LogP) is 2.63. The van der Waals surface area contributed by atoms with Crippen molar-refractivity contribution in [2.75, 3.05) is 27.7 Å². The van der Waals surface area contributed by atoms with E-state index < -0.39 is 22.6 Å². The average Bonchev–Trinajstić information content (AvgIpc) is 2.76. The van der Waals surface area contributed by atoms with Crippen LogP contribution in [-0.4, -0.2) is 57.2 Å². The van der Waals surface area contributed by atoms with Crippen LogP contribution < -0.4 is 0 Å². The van der Waals surface area contributed by atoms with E-state index in [-0.39, 0.29) is 22.4 Å². The molecule has 1 aliphatic rings. The Morgan fingerprint density at radius 3 is 2.53 bits per heavy atom. The summed E-state index contributed by atoms with van der Waals surface area (Å²) in [6, 6.07) is 13.6. The van der Waals surface area contributed by atoms with Crippen molar-refractivity contribution in [2.45, 2.75) is 30.2 Å². The van der Waals surface area contributed by atoms with Crippen molar-refractivity contribution in [3.05, 3.63) is 65.2 Å². The van der Waals surface area contributed by atoms with Gasteiger partial charge in [-0.2, -0.15) is 0 Å². The lowest BCUT2D eigenvalue weighted by molar-refractivity contribution is -0.135. The van der Waals surface area contributed by atoms with E-state index >= 15 is 0 Å². The standard InChI is InChI=1S/C22H26N2O5S/c1-23(2)30(27,28)18-11-6-10-17(14-18)22(26)29-15-21(25)24(3)20-13-7-9-16-8-4-5-12-19(16)20/h4-6,8,10-12,14,20H,7,9,13,15H2,1-3H3. The fourth-order valence-electron chi connectivity index (χ4n) is 3.61. The Hall–Kier alpha value is -2.71. The second kappa shape index (κ2) is 8.97. The molecule has 0 bridgehead atoms. The Bertz CT molecular complexity index is 1050. The van der Waals surface area contributed by atoms with Gasteiger partial charge in [-0.15, -0.1) is 0 Å². The highest BCUT2D eigenvalue weighted by Gasteiger charge is 2.27. The number of carbonyl (C=O) groups is 2. The maximum absolute atomic E-state index is 12.6. The Balaban J connectivity index is 1.66. The quantitative estimate of drug-likeness (QED) is 0.658. The van der Waals surface area contributed by atoms with Gasteiger partial charge in [-0.1, -0.05) is 30.3 Å². The third-order valence-corrected chi connectivity index (χ3v) is 7.18. The fraction of sp³-hybridized carbons (Fsp3) is 0.364. The summed E-state index contributed by atoms with van der Waals surface area (Å²) in [7, 11) is 0.875. The van der Waals surface area contributed by atoms with Gasteiger partial charge in [-0.25, -0.2) is 17.5 Å². The smallest absolute Gasteiger partial charge is 0.338 e. The van der Waals surface area contributed by atoms with E-state index in [1.807, 2.05) is 18.2 Å². The molecule has 1 unspecified atom stereocenters. The van der Waals surface area contributed by atoms with Gasteiger partial charge in [-0.05, 0) is 48.6 Å². The first-order valence-corrected chi connectivity index (χ1v) is 11.2. The van der Waals surface area contributed by atoms with Crippen LogP contribution in [0.2, 0.25) is 0 Å². The molecular weight excluding hydrogens is 404 g/mol. The number of benzene rings is 2. The number of carbonyl (C=O) groups excluding carboxylic acids is 2. The number of amides is 1. The van der Waals surface area contributed by atoms with Crippen LogP contribution in [0.1, 0.15) is 40.4 Å². The minimum absolute atomic E-state index is 0.00999. The molecular formula is C22H26N2O5S. The number of hydrogen-bond donors (Lipinski definition) is 0. The number of fused-ring (bicyclic) bond motifs is 1. The summed E-state index contributed by atoms with van der Waals surface area (Å²) < 4.78 is 30.7. The van der Waals surface area contributed by atoms with Gasteiger partial charge in [0.25, 0.3) is 5.91 Å². The van der Waals surface area contributed by atoms with Gasteiger partial charge in [0.05, 0.1) is 16.5 Å². The van der Waals surface area contributed by atoms with E-state index in [2.05, 4.69) is 6.07 Å². The summed E-state index contributed by atoms with van der Waals surface area (Å²) in [5.41, 5.74) is 2.45. The Labute approximate surface area is 177 Å². The van der Waals surface area contributed by atoms with E-state index in [1.54, 1.807) is 11.9 Å². The Morgan fingerprint density at radius 2 is 1.80 bits per heavy atom. The maximum Gasteiger partial charge on any atom is 0.338 e. The molecule has 0 N–H and O–H groups in total. The highest BCUT2D eigenvalue weighted by molar-refractivity contribution is 7.89. The molecule has 2 aromatic rings. The number of nitrogens with zero attached hydrogens (tertiary/aromatic N) is 2. The van der Waals surface area contributed by atoms with Crippen LogP contribution in [0, 0.1) is 0 Å². The highest BCUT2D eigenvalue weighted by Crippen LogP contribution is 2.33. The third kappa shape index (κ3) is 4.55. The van der Waals surface area contributed by atoms with E-state index in [0.717, 1.165) is 29.1 Å². The third-order valence-electron chi connectivity index (χ3n) is 5.37. The summed E-state index contributed by atoms with van der Waals surface area (Å²) in [6.45, 7) is -0.404. The number of rotatable bonds is 6. The lowest BCUT2D eigenvalue weighted by Gasteiger charge is -2.33. The van der Waals surface area contributed by atoms with Gasteiger partial charge in [0.2, 0.25) is 10.0 Å². The van der Waals surface area contributed by atoms with Crippen molar-refractivity contribution in [1.82, 2.24) is 9.21 Å². The molecule has 0 radical (unpaired) electrons. The summed E-state index contributed by atoms with van der Waals surface area (Å²) in [5.74, 6) is -1.04. The summed E-state index contributed by atoms with van der Waals surface area (Å²) >= 11 is 0. The summed E-state index contributed by atoms with van der Waals surface area (Å²) in [4.78, 5) is 26.7. The second-order valence-corrected chi connectivity index (χ2v) is 9.65. The normalized spacial score (nSPS) is 16.1. The number of aryl methyl sites for hydroxylation is 1. The van der Waals surface area contributed by atoms with Gasteiger partial charge >= 0.3 is 5.97 Å². The largest absolute Gasteiger partial charge is 0.452 e. The van der Waals surface area contributed by atoms with Crippen molar-refractivity contribution >= 4 is 21.9 Å². The van der Waals surface area contributed by atoms with E-state index in [1.165, 1.54) is 43.9 Å². The SMILES string of the molecule is CN(C(=O)COC(=O)c1cccc(S(=O)(=O)N(C)C)c1)C1CCCc2ccccc21. The molecule has 30 heavy (non-hydrogen) atoms. The molecule has 1 amide bonds. The van der Waals surface area contributed by atoms with Crippen molar-refractivity contribution < 1.29 is 22.7 Å². The molecule has 0 saturated heterocycles. The van der Waals surface area contributed by atoms with Crippen LogP contribution in [0.15, 0.2) is 53.4 Å². The summed E-state index contributed by atoms with van der Waals surface area (Å²) in [6.07, 6.45) is 2.85. The zero-order chi connectivity index (χ0) is 21.9. The molecule has 160 valence electrons. The molecule has 0 spiro atoms. The van der Waals surface area contributed by atoms with Crippen LogP contribution >= 0.6 is 0 Å². The Kier molecular flexibility index (Phi) is 6.58. The molecule has 2 aromatic carbocycles. The molecule has 7 nitrogen and oxygen atoms in total. The van der Waals surface area contributed by atoms with Gasteiger partial charge in [0.15, 0.2) is 6.61 Å². The van der Waals surface area contributed by atoms with Crippen LogP contribution in [0.3, 0.4) is 0 Å². The first-order chi connectivity index (χ1) is 14.2. The Morgan fingerprint density at radius 1 is 1.07 bits per heavy atom. The van der Waals surface area contributed by atoms with Crippen LogP contribution in [0.4, 0.5) is 0 Å². The lowest BCUT2D eigenvalue weighted by atomic mass is 9.87. The van der Waals surface area contributed by atoms with Gasteiger partial charge in [-0.3, -0.25) is 4.79 Å². The zero-order valence-corrected chi connectivity index (χ0v) is 18.2. The summed E-state index contributed by atoms with van der Waals surface area (Å²) in [5, 5.41) is 0. The molecule has 3 rings (SSSR count). The topological polar surface area (TPSA) is 84.0 Å². The molecule has 8 heteroatoms. The lowest BCUT2D eigenvalue weighted by Crippen LogP contribution is -2.36. The van der Waals surface area contributed by atoms with Crippen LogP contribution in [0.5, 0.6) is 0 Å². The van der Waals surface area contributed by atoms with Crippen molar-refractivity contribution in [1.29, 1.82) is 0 Å². The monoisotopic (exact) mass is 430 g/mol. The van der Waals surface area contributed by atoms with Gasteiger partial charge in [0, 0.05) is 21.1 Å². The van der Waals surface area contributed by atoms with Crippen LogP contribution in [0.25, 0.3) is 0 Å². The van der Waals surface area contributed by atoms with E-state index in [9.17, 15) is 18.0 Å².